The van der Waals surface area contributed by atoms with Crippen molar-refractivity contribution in [2.45, 2.75) is 9.79 Å². The van der Waals surface area contributed by atoms with E-state index < -0.39 is 9.84 Å². The molecular weight excluding hydrogens is 280 g/mol. The van der Waals surface area contributed by atoms with E-state index in [4.69, 9.17) is 9.47 Å². The summed E-state index contributed by atoms with van der Waals surface area (Å²) in [7, 11) is -2.09. The first kappa shape index (κ1) is 14.4. The smallest absolute Gasteiger partial charge is 0.206 e. The molecule has 0 aromatic heterocycles. The highest BCUT2D eigenvalue weighted by Crippen LogP contribution is 2.24. The van der Waals surface area contributed by atoms with Crippen LogP contribution >= 0.6 is 0 Å². The number of phenols is 1. The molecule has 0 fully saturated rings. The molecule has 5 nitrogen and oxygen atoms in total. The second-order valence-corrected chi connectivity index (χ2v) is 5.97. The largest absolute Gasteiger partial charge is 0.508 e. The molecule has 0 atom stereocenters. The summed E-state index contributed by atoms with van der Waals surface area (Å²) in [5.41, 5.74) is 0. The van der Waals surface area contributed by atoms with E-state index in [2.05, 4.69) is 0 Å². The molecule has 0 amide bonds. The van der Waals surface area contributed by atoms with E-state index >= 15 is 0 Å². The van der Waals surface area contributed by atoms with E-state index in [1.54, 1.807) is 12.1 Å². The molecule has 0 aliphatic rings. The van der Waals surface area contributed by atoms with Crippen LogP contribution in [0.2, 0.25) is 0 Å². The molecule has 1 N–H and O–H groups in total. The summed E-state index contributed by atoms with van der Waals surface area (Å²) >= 11 is 0. The maximum atomic E-state index is 12.3. The Balaban J connectivity index is 2.27. The lowest BCUT2D eigenvalue weighted by molar-refractivity contribution is 0.0511. The molecule has 0 saturated carbocycles. The van der Waals surface area contributed by atoms with Gasteiger partial charge in [-0.3, -0.25) is 0 Å². The number of ether oxygens (including phenoxy) is 2. The summed E-state index contributed by atoms with van der Waals surface area (Å²) in [6.07, 6.45) is 0. The molecule has 6 heteroatoms. The standard InChI is InChI=1S/C14H14O5S/c1-18-10-19-12-4-8-14(9-5-12)20(16,17)13-6-2-11(15)3-7-13/h2-9,15H,10H2,1H3. The number of hydrogen-bond acceptors (Lipinski definition) is 5. The van der Waals surface area contributed by atoms with Gasteiger partial charge in [-0.05, 0) is 48.5 Å². The van der Waals surface area contributed by atoms with E-state index in [1.807, 2.05) is 0 Å². The second-order valence-electron chi connectivity index (χ2n) is 4.02. The molecule has 0 saturated heterocycles. The van der Waals surface area contributed by atoms with E-state index in [0.717, 1.165) is 0 Å². The molecule has 0 spiro atoms. The predicted molar refractivity (Wildman–Crippen MR) is 72.5 cm³/mol. The van der Waals surface area contributed by atoms with E-state index in [0.29, 0.717) is 5.75 Å². The average molecular weight is 294 g/mol. The molecule has 0 heterocycles. The number of methoxy groups -OCH3 is 1. The minimum atomic E-state index is -3.59. The first-order valence-electron chi connectivity index (χ1n) is 5.80. The van der Waals surface area contributed by atoms with Gasteiger partial charge >= 0.3 is 0 Å². The molecule has 106 valence electrons. The summed E-state index contributed by atoms with van der Waals surface area (Å²) in [6.45, 7) is 0.101. The molecule has 0 aliphatic carbocycles. The molecule has 0 radical (unpaired) electrons. The van der Waals surface area contributed by atoms with Crippen molar-refractivity contribution < 1.29 is 23.0 Å². The van der Waals surface area contributed by atoms with Gasteiger partial charge in [0.2, 0.25) is 9.84 Å². The third kappa shape index (κ3) is 3.09. The van der Waals surface area contributed by atoms with Gasteiger partial charge in [-0.1, -0.05) is 0 Å². The predicted octanol–water partition coefficient (Wildman–Crippen LogP) is 2.21. The van der Waals surface area contributed by atoms with Crippen molar-refractivity contribution in [1.29, 1.82) is 0 Å². The number of phenolic OH excluding ortho intramolecular Hbond substituents is 1. The fraction of sp³-hybridized carbons (Fsp3) is 0.143. The summed E-state index contributed by atoms with van der Waals surface area (Å²) in [5.74, 6) is 0.545. The monoisotopic (exact) mass is 294 g/mol. The number of benzene rings is 2. The van der Waals surface area contributed by atoms with E-state index in [1.165, 1.54) is 43.5 Å². The minimum Gasteiger partial charge on any atom is -0.508 e. The Morgan fingerprint density at radius 3 is 1.95 bits per heavy atom. The zero-order chi connectivity index (χ0) is 14.6. The third-order valence-corrected chi connectivity index (χ3v) is 4.41. The molecule has 20 heavy (non-hydrogen) atoms. The van der Waals surface area contributed by atoms with Crippen LogP contribution in [0.1, 0.15) is 0 Å². The normalized spacial score (nSPS) is 11.2. The fourth-order valence-corrected chi connectivity index (χ4v) is 2.86. The number of rotatable bonds is 5. The first-order chi connectivity index (χ1) is 9.54. The Morgan fingerprint density at radius 2 is 1.45 bits per heavy atom. The molecular formula is C14H14O5S. The van der Waals surface area contributed by atoms with Gasteiger partial charge in [0.25, 0.3) is 0 Å². The Morgan fingerprint density at radius 1 is 0.950 bits per heavy atom. The lowest BCUT2D eigenvalue weighted by Gasteiger charge is -2.07. The maximum absolute atomic E-state index is 12.3. The summed E-state index contributed by atoms with van der Waals surface area (Å²) in [6, 6.07) is 11.4. The fourth-order valence-electron chi connectivity index (χ4n) is 1.60. The van der Waals surface area contributed by atoms with Crippen LogP contribution in [0.3, 0.4) is 0 Å². The van der Waals surface area contributed by atoms with Gasteiger partial charge in [-0.15, -0.1) is 0 Å². The molecule has 2 rings (SSSR count). The average Bonchev–Trinajstić information content (AvgIpc) is 2.46. The van der Waals surface area contributed by atoms with E-state index in [-0.39, 0.29) is 22.3 Å². The lowest BCUT2D eigenvalue weighted by atomic mass is 10.3. The van der Waals surface area contributed by atoms with Gasteiger partial charge in [0, 0.05) is 7.11 Å². The molecule has 2 aromatic carbocycles. The van der Waals surface area contributed by atoms with Crippen LogP contribution in [0.15, 0.2) is 58.3 Å². The summed E-state index contributed by atoms with van der Waals surface area (Å²) in [4.78, 5) is 0.286. The van der Waals surface area contributed by atoms with Gasteiger partial charge in [0.1, 0.15) is 11.5 Å². The Labute approximate surface area is 117 Å². The van der Waals surface area contributed by atoms with Crippen LogP contribution in [-0.4, -0.2) is 27.4 Å². The van der Waals surface area contributed by atoms with Crippen LogP contribution < -0.4 is 4.74 Å². The van der Waals surface area contributed by atoms with Crippen molar-refractivity contribution in [3.63, 3.8) is 0 Å². The molecule has 0 aliphatic heterocycles. The van der Waals surface area contributed by atoms with Crippen LogP contribution in [0.4, 0.5) is 0 Å². The highest BCUT2D eigenvalue weighted by atomic mass is 32.2. The zero-order valence-electron chi connectivity index (χ0n) is 10.8. The summed E-state index contributed by atoms with van der Waals surface area (Å²) < 4.78 is 34.6. The minimum absolute atomic E-state index is 0.0206. The molecule has 0 bridgehead atoms. The van der Waals surface area contributed by atoms with Gasteiger partial charge in [-0.2, -0.15) is 0 Å². The number of aromatic hydroxyl groups is 1. The Hall–Kier alpha value is -2.05. The second kappa shape index (κ2) is 5.94. The van der Waals surface area contributed by atoms with Crippen molar-refractivity contribution in [3.05, 3.63) is 48.5 Å². The zero-order valence-corrected chi connectivity index (χ0v) is 11.6. The van der Waals surface area contributed by atoms with Crippen molar-refractivity contribution in [2.75, 3.05) is 13.9 Å². The highest BCUT2D eigenvalue weighted by Gasteiger charge is 2.17. The van der Waals surface area contributed by atoms with Crippen molar-refractivity contribution >= 4 is 9.84 Å². The maximum Gasteiger partial charge on any atom is 0.206 e. The van der Waals surface area contributed by atoms with Crippen molar-refractivity contribution in [1.82, 2.24) is 0 Å². The first-order valence-corrected chi connectivity index (χ1v) is 7.28. The Kier molecular flexibility index (Phi) is 4.26. The topological polar surface area (TPSA) is 72.8 Å². The van der Waals surface area contributed by atoms with Crippen molar-refractivity contribution in [2.24, 2.45) is 0 Å². The van der Waals surface area contributed by atoms with Gasteiger partial charge < -0.3 is 14.6 Å². The van der Waals surface area contributed by atoms with E-state index in [9.17, 15) is 13.5 Å². The molecule has 2 aromatic rings. The Bertz CT molecular complexity index is 660. The van der Waals surface area contributed by atoms with Crippen LogP contribution in [-0.2, 0) is 14.6 Å². The van der Waals surface area contributed by atoms with Crippen LogP contribution in [0.25, 0.3) is 0 Å². The highest BCUT2D eigenvalue weighted by molar-refractivity contribution is 7.91. The number of sulfone groups is 1. The van der Waals surface area contributed by atoms with Crippen LogP contribution in [0.5, 0.6) is 11.5 Å². The quantitative estimate of drug-likeness (QED) is 0.856. The molecule has 0 unspecified atom stereocenters. The third-order valence-electron chi connectivity index (χ3n) is 2.62. The van der Waals surface area contributed by atoms with Gasteiger partial charge in [-0.25, -0.2) is 8.42 Å². The summed E-state index contributed by atoms with van der Waals surface area (Å²) in [5, 5.41) is 9.19. The number of hydrogen-bond donors (Lipinski definition) is 1. The van der Waals surface area contributed by atoms with Gasteiger partial charge in [0.15, 0.2) is 6.79 Å². The SMILES string of the molecule is COCOc1ccc(S(=O)(=O)c2ccc(O)cc2)cc1. The van der Waals surface area contributed by atoms with Crippen LogP contribution in [0, 0.1) is 0 Å². The van der Waals surface area contributed by atoms with Crippen molar-refractivity contribution in [3.8, 4) is 11.5 Å². The lowest BCUT2D eigenvalue weighted by Crippen LogP contribution is -2.02. The van der Waals surface area contributed by atoms with Gasteiger partial charge in [0.05, 0.1) is 9.79 Å².